The van der Waals surface area contributed by atoms with Crippen LogP contribution < -0.4 is 5.56 Å². The first-order valence-electron chi connectivity index (χ1n) is 8.00. The van der Waals surface area contributed by atoms with Crippen LogP contribution >= 0.6 is 11.3 Å². The molecule has 0 saturated heterocycles. The van der Waals surface area contributed by atoms with Crippen LogP contribution in [0.4, 0.5) is 0 Å². The molecule has 0 aromatic carbocycles. The molecule has 0 saturated carbocycles. The van der Waals surface area contributed by atoms with Gasteiger partial charge in [0.2, 0.25) is 0 Å². The van der Waals surface area contributed by atoms with E-state index < -0.39 is 5.97 Å². The summed E-state index contributed by atoms with van der Waals surface area (Å²) in [4.78, 5) is 34.3. The smallest absolute Gasteiger partial charge is 0.349 e. The van der Waals surface area contributed by atoms with Gasteiger partial charge < -0.3 is 13.7 Å². The highest BCUT2D eigenvalue weighted by Gasteiger charge is 2.20. The van der Waals surface area contributed by atoms with Crippen molar-refractivity contribution in [2.24, 2.45) is 7.05 Å². The van der Waals surface area contributed by atoms with Crippen molar-refractivity contribution in [3.05, 3.63) is 62.9 Å². The minimum absolute atomic E-state index is 0.0681. The lowest BCUT2D eigenvalue weighted by Gasteiger charge is -2.01. The summed E-state index contributed by atoms with van der Waals surface area (Å²) in [7, 11) is 1.63. The third-order valence-corrected chi connectivity index (χ3v) is 5.38. The second-order valence-corrected chi connectivity index (χ2v) is 7.18. The SMILES string of the molecule is Cc1ccc2nc(COC(=O)c3sc4ncn(C)c(=O)c4c3C)cn2c1. The van der Waals surface area contributed by atoms with Crippen LogP contribution in [0.15, 0.2) is 35.6 Å². The van der Waals surface area contributed by atoms with Crippen LogP contribution in [-0.4, -0.2) is 24.9 Å². The molecule has 4 heterocycles. The highest BCUT2D eigenvalue weighted by molar-refractivity contribution is 7.20. The third kappa shape index (κ3) is 2.68. The van der Waals surface area contributed by atoms with E-state index >= 15 is 0 Å². The Morgan fingerprint density at radius 1 is 1.27 bits per heavy atom. The number of rotatable bonds is 3. The molecule has 8 heteroatoms. The van der Waals surface area contributed by atoms with Gasteiger partial charge in [-0.25, -0.2) is 14.8 Å². The average Bonchev–Trinajstić information content (AvgIpc) is 3.16. The van der Waals surface area contributed by atoms with Crippen LogP contribution in [0.1, 0.15) is 26.5 Å². The molecule has 0 amide bonds. The van der Waals surface area contributed by atoms with Gasteiger partial charge in [-0.15, -0.1) is 11.3 Å². The molecule has 0 radical (unpaired) electrons. The predicted molar refractivity (Wildman–Crippen MR) is 98.6 cm³/mol. The Kier molecular flexibility index (Phi) is 3.84. The van der Waals surface area contributed by atoms with E-state index in [1.807, 2.05) is 35.9 Å². The van der Waals surface area contributed by atoms with E-state index in [0.717, 1.165) is 11.2 Å². The molecule has 0 N–H and O–H groups in total. The lowest BCUT2D eigenvalue weighted by molar-refractivity contribution is 0.0473. The molecule has 0 unspecified atom stereocenters. The zero-order chi connectivity index (χ0) is 18.4. The van der Waals surface area contributed by atoms with Crippen molar-refractivity contribution in [1.29, 1.82) is 0 Å². The molecule has 0 aliphatic heterocycles. The maximum absolute atomic E-state index is 12.5. The van der Waals surface area contributed by atoms with Gasteiger partial charge in [0.25, 0.3) is 5.56 Å². The van der Waals surface area contributed by atoms with E-state index in [0.29, 0.717) is 26.4 Å². The van der Waals surface area contributed by atoms with Gasteiger partial charge in [-0.3, -0.25) is 4.79 Å². The number of carbonyl (C=O) groups is 1. The monoisotopic (exact) mass is 368 g/mol. The number of thiophene rings is 1. The fourth-order valence-electron chi connectivity index (χ4n) is 2.83. The molecule has 0 fully saturated rings. The largest absolute Gasteiger partial charge is 0.455 e. The molecule has 4 rings (SSSR count). The summed E-state index contributed by atoms with van der Waals surface area (Å²) in [6.45, 7) is 3.81. The molecule has 0 aliphatic rings. The summed E-state index contributed by atoms with van der Waals surface area (Å²) in [6, 6.07) is 3.89. The molecule has 0 aliphatic carbocycles. The van der Waals surface area contributed by atoms with Crippen molar-refractivity contribution in [3.63, 3.8) is 0 Å². The first-order chi connectivity index (χ1) is 12.4. The highest BCUT2D eigenvalue weighted by Crippen LogP contribution is 2.27. The number of pyridine rings is 1. The van der Waals surface area contributed by atoms with E-state index in [1.165, 1.54) is 22.2 Å². The molecule has 4 aromatic heterocycles. The summed E-state index contributed by atoms with van der Waals surface area (Å²) >= 11 is 1.17. The minimum atomic E-state index is -0.471. The van der Waals surface area contributed by atoms with E-state index in [9.17, 15) is 9.59 Å². The van der Waals surface area contributed by atoms with Gasteiger partial charge in [-0.2, -0.15) is 0 Å². The quantitative estimate of drug-likeness (QED) is 0.520. The number of hydrogen-bond donors (Lipinski definition) is 0. The van der Waals surface area contributed by atoms with Crippen molar-refractivity contribution < 1.29 is 9.53 Å². The average molecular weight is 368 g/mol. The topological polar surface area (TPSA) is 78.5 Å². The maximum atomic E-state index is 12.5. The summed E-state index contributed by atoms with van der Waals surface area (Å²) < 4.78 is 8.71. The van der Waals surface area contributed by atoms with Crippen LogP contribution in [-0.2, 0) is 18.4 Å². The van der Waals surface area contributed by atoms with E-state index in [1.54, 1.807) is 14.0 Å². The number of hydrogen-bond acceptors (Lipinski definition) is 6. The van der Waals surface area contributed by atoms with Gasteiger partial charge in [0, 0.05) is 19.4 Å². The number of aromatic nitrogens is 4. The second kappa shape index (κ2) is 6.06. The van der Waals surface area contributed by atoms with Crippen LogP contribution in [0.3, 0.4) is 0 Å². The first-order valence-corrected chi connectivity index (χ1v) is 8.82. The lowest BCUT2D eigenvalue weighted by atomic mass is 10.2. The third-order valence-electron chi connectivity index (χ3n) is 4.20. The summed E-state index contributed by atoms with van der Waals surface area (Å²) in [5, 5.41) is 0.468. The fraction of sp³-hybridized carbons (Fsp3) is 0.222. The van der Waals surface area contributed by atoms with Gasteiger partial charge in [-0.05, 0) is 31.0 Å². The van der Waals surface area contributed by atoms with Gasteiger partial charge in [0.15, 0.2) is 0 Å². The maximum Gasteiger partial charge on any atom is 0.349 e. The summed E-state index contributed by atoms with van der Waals surface area (Å²) in [5.41, 5.74) is 3.02. The normalized spacial score (nSPS) is 11.3. The van der Waals surface area contributed by atoms with Crippen molar-refractivity contribution in [1.82, 2.24) is 18.9 Å². The van der Waals surface area contributed by atoms with Crippen LogP contribution in [0.25, 0.3) is 15.9 Å². The standard InChI is InChI=1S/C18H16N4O3S/c1-10-4-5-13-20-12(7-22(13)6-10)8-25-18(24)15-11(2)14-16(26-15)19-9-21(3)17(14)23/h4-7,9H,8H2,1-3H3. The molecule has 7 nitrogen and oxygen atoms in total. The van der Waals surface area contributed by atoms with Gasteiger partial charge >= 0.3 is 5.97 Å². The molecule has 0 atom stereocenters. The van der Waals surface area contributed by atoms with Crippen molar-refractivity contribution in [2.75, 3.05) is 0 Å². The number of esters is 1. The molecule has 132 valence electrons. The molecular weight excluding hydrogens is 352 g/mol. The second-order valence-electron chi connectivity index (χ2n) is 6.18. The van der Waals surface area contributed by atoms with Gasteiger partial charge in [0.05, 0.1) is 17.4 Å². The number of aryl methyl sites for hydroxylation is 3. The summed E-state index contributed by atoms with van der Waals surface area (Å²) in [5.74, 6) is -0.471. The van der Waals surface area contributed by atoms with E-state index in [2.05, 4.69) is 9.97 Å². The number of fused-ring (bicyclic) bond motifs is 2. The number of imidazole rings is 1. The fourth-order valence-corrected chi connectivity index (χ4v) is 3.87. The van der Waals surface area contributed by atoms with E-state index in [-0.39, 0.29) is 12.2 Å². The number of nitrogens with zero attached hydrogens (tertiary/aromatic N) is 4. The van der Waals surface area contributed by atoms with Gasteiger partial charge in [0.1, 0.15) is 22.0 Å². The Bertz CT molecular complexity index is 1220. The first kappa shape index (κ1) is 16.5. The highest BCUT2D eigenvalue weighted by atomic mass is 32.1. The minimum Gasteiger partial charge on any atom is -0.455 e. The molecule has 4 aromatic rings. The Morgan fingerprint density at radius 3 is 2.88 bits per heavy atom. The predicted octanol–water partition coefficient (Wildman–Crippen LogP) is 2.62. The molecule has 0 bridgehead atoms. The van der Waals surface area contributed by atoms with Crippen molar-refractivity contribution >= 4 is 33.2 Å². The molecule has 26 heavy (non-hydrogen) atoms. The van der Waals surface area contributed by atoms with Gasteiger partial charge in [-0.1, -0.05) is 6.07 Å². The van der Waals surface area contributed by atoms with Crippen LogP contribution in [0, 0.1) is 13.8 Å². The zero-order valence-electron chi connectivity index (χ0n) is 14.5. The van der Waals surface area contributed by atoms with E-state index in [4.69, 9.17) is 4.74 Å². The Morgan fingerprint density at radius 2 is 2.08 bits per heavy atom. The van der Waals surface area contributed by atoms with Crippen molar-refractivity contribution in [2.45, 2.75) is 20.5 Å². The van der Waals surface area contributed by atoms with Crippen LogP contribution in [0.2, 0.25) is 0 Å². The van der Waals surface area contributed by atoms with Crippen molar-refractivity contribution in [3.8, 4) is 0 Å². The Hall–Kier alpha value is -3.00. The Balaban J connectivity index is 1.60. The lowest BCUT2D eigenvalue weighted by Crippen LogP contribution is -2.16. The Labute approximate surface area is 152 Å². The molecular formula is C18H16N4O3S. The summed E-state index contributed by atoms with van der Waals surface area (Å²) in [6.07, 6.45) is 5.25. The molecule has 0 spiro atoms. The number of ether oxygens (including phenoxy) is 1. The number of carbonyl (C=O) groups excluding carboxylic acids is 1. The zero-order valence-corrected chi connectivity index (χ0v) is 15.3. The van der Waals surface area contributed by atoms with Crippen LogP contribution in [0.5, 0.6) is 0 Å².